The SMILES string of the molecule is CC1C(=Cc2cc(C(C)(C)C)c(O)c(C(C)(C)C)c2)C(=O)c2cc3c(cc21)N(C)C(=O)C(C)(C)S3. The number of hydrogen-bond acceptors (Lipinski definition) is 4. The van der Waals surface area contributed by atoms with E-state index in [1.165, 1.54) is 11.8 Å². The third-order valence-corrected chi connectivity index (χ3v) is 8.42. The van der Waals surface area contributed by atoms with Crippen LogP contribution in [0, 0.1) is 0 Å². The van der Waals surface area contributed by atoms with Crippen LogP contribution in [0.15, 0.2) is 34.7 Å². The number of carbonyl (C=O) groups excluding carboxylic acids is 2. The van der Waals surface area contributed by atoms with Crippen LogP contribution in [0.1, 0.15) is 101 Å². The van der Waals surface area contributed by atoms with E-state index in [1.807, 2.05) is 51.2 Å². The van der Waals surface area contributed by atoms with Crippen LogP contribution in [-0.4, -0.2) is 28.6 Å². The van der Waals surface area contributed by atoms with Crippen molar-refractivity contribution in [3.63, 3.8) is 0 Å². The molecule has 2 aliphatic rings. The first-order valence-corrected chi connectivity index (χ1v) is 13.0. The maximum atomic E-state index is 13.6. The Bertz CT molecular complexity index is 1250. The van der Waals surface area contributed by atoms with Crippen LogP contribution >= 0.6 is 11.8 Å². The number of phenols is 1. The lowest BCUT2D eigenvalue weighted by molar-refractivity contribution is -0.120. The average molecular weight is 492 g/mol. The highest BCUT2D eigenvalue weighted by atomic mass is 32.2. The monoisotopic (exact) mass is 491 g/mol. The van der Waals surface area contributed by atoms with E-state index in [2.05, 4.69) is 48.5 Å². The third-order valence-electron chi connectivity index (χ3n) is 7.19. The summed E-state index contributed by atoms with van der Waals surface area (Å²) in [7, 11) is 1.81. The van der Waals surface area contributed by atoms with E-state index in [0.717, 1.165) is 44.0 Å². The minimum atomic E-state index is -0.569. The zero-order valence-electron chi connectivity index (χ0n) is 22.6. The summed E-state index contributed by atoms with van der Waals surface area (Å²) in [5.41, 5.74) is 5.49. The highest BCUT2D eigenvalue weighted by Gasteiger charge is 2.41. The minimum Gasteiger partial charge on any atom is -0.507 e. The number of anilines is 1. The molecule has 1 aliphatic heterocycles. The summed E-state index contributed by atoms with van der Waals surface area (Å²) in [5, 5.41) is 11.1. The number of aromatic hydroxyl groups is 1. The molecule has 0 spiro atoms. The first-order chi connectivity index (χ1) is 15.9. The van der Waals surface area contributed by atoms with Crippen molar-refractivity contribution in [2.75, 3.05) is 11.9 Å². The Balaban J connectivity index is 1.85. The van der Waals surface area contributed by atoms with Crippen LogP contribution in [0.2, 0.25) is 0 Å². The second kappa shape index (κ2) is 7.99. The summed E-state index contributed by atoms with van der Waals surface area (Å²) in [6.07, 6.45) is 1.99. The molecule has 5 heteroatoms. The largest absolute Gasteiger partial charge is 0.507 e. The Labute approximate surface area is 213 Å². The molecular weight excluding hydrogens is 454 g/mol. The molecule has 4 rings (SSSR count). The predicted molar refractivity (Wildman–Crippen MR) is 146 cm³/mol. The fraction of sp³-hybridized carbons (Fsp3) is 0.467. The van der Waals surface area contributed by atoms with Gasteiger partial charge in [0.25, 0.3) is 0 Å². The predicted octanol–water partition coefficient (Wildman–Crippen LogP) is 7.22. The van der Waals surface area contributed by atoms with Gasteiger partial charge < -0.3 is 10.0 Å². The molecule has 4 nitrogen and oxygen atoms in total. The number of fused-ring (bicyclic) bond motifs is 2. The summed E-state index contributed by atoms with van der Waals surface area (Å²) in [6.45, 7) is 18.4. The summed E-state index contributed by atoms with van der Waals surface area (Å²) in [5.74, 6) is 0.352. The average Bonchev–Trinajstić information content (AvgIpc) is 2.94. The molecule has 1 heterocycles. The summed E-state index contributed by atoms with van der Waals surface area (Å²) in [4.78, 5) is 29.1. The molecule has 0 saturated heterocycles. The second-order valence-electron chi connectivity index (χ2n) is 12.5. The Morgan fingerprint density at radius 3 is 2.03 bits per heavy atom. The normalized spacial score (nSPS) is 20.9. The first kappa shape index (κ1) is 25.6. The van der Waals surface area contributed by atoms with Crippen molar-refractivity contribution >= 4 is 35.2 Å². The molecular formula is C30H37NO3S. The number of ketones is 1. The van der Waals surface area contributed by atoms with Crippen LogP contribution < -0.4 is 4.90 Å². The molecule has 1 N–H and O–H groups in total. The van der Waals surface area contributed by atoms with E-state index in [1.54, 1.807) is 4.90 Å². The molecule has 2 aromatic carbocycles. The van der Waals surface area contributed by atoms with Crippen LogP contribution in [-0.2, 0) is 15.6 Å². The fourth-order valence-electron chi connectivity index (χ4n) is 5.09. The molecule has 0 bridgehead atoms. The quantitative estimate of drug-likeness (QED) is 0.428. The summed E-state index contributed by atoms with van der Waals surface area (Å²) < 4.78 is -0.569. The molecule has 1 unspecified atom stereocenters. The Kier molecular flexibility index (Phi) is 5.84. The third kappa shape index (κ3) is 4.22. The van der Waals surface area contributed by atoms with Gasteiger partial charge in [0.2, 0.25) is 5.91 Å². The van der Waals surface area contributed by atoms with Gasteiger partial charge in [0.05, 0.1) is 10.4 Å². The van der Waals surface area contributed by atoms with Crippen molar-refractivity contribution in [2.24, 2.45) is 0 Å². The van der Waals surface area contributed by atoms with Gasteiger partial charge in [-0.05, 0) is 66.1 Å². The van der Waals surface area contributed by atoms with Crippen molar-refractivity contribution in [1.82, 2.24) is 0 Å². The molecule has 0 aromatic heterocycles. The maximum Gasteiger partial charge on any atom is 0.242 e. The lowest BCUT2D eigenvalue weighted by atomic mass is 9.78. The highest BCUT2D eigenvalue weighted by molar-refractivity contribution is 8.01. The number of benzene rings is 2. The van der Waals surface area contributed by atoms with E-state index >= 15 is 0 Å². The number of carbonyl (C=O) groups is 2. The lowest BCUT2D eigenvalue weighted by Gasteiger charge is -2.36. The van der Waals surface area contributed by atoms with Crippen LogP contribution in [0.4, 0.5) is 5.69 Å². The van der Waals surface area contributed by atoms with Crippen LogP contribution in [0.5, 0.6) is 5.75 Å². The number of rotatable bonds is 1. The van der Waals surface area contributed by atoms with Crippen molar-refractivity contribution in [1.29, 1.82) is 0 Å². The fourth-order valence-corrected chi connectivity index (χ4v) is 6.34. The Morgan fingerprint density at radius 2 is 1.51 bits per heavy atom. The van der Waals surface area contributed by atoms with Gasteiger partial charge in [-0.1, -0.05) is 48.5 Å². The van der Waals surface area contributed by atoms with Crippen molar-refractivity contribution < 1.29 is 14.7 Å². The summed E-state index contributed by atoms with van der Waals surface area (Å²) >= 11 is 1.52. The molecule has 1 amide bonds. The smallest absolute Gasteiger partial charge is 0.242 e. The van der Waals surface area contributed by atoms with E-state index in [-0.39, 0.29) is 28.4 Å². The summed E-state index contributed by atoms with van der Waals surface area (Å²) in [6, 6.07) is 8.01. The molecule has 0 saturated carbocycles. The number of hydrogen-bond donors (Lipinski definition) is 1. The van der Waals surface area contributed by atoms with Gasteiger partial charge >= 0.3 is 0 Å². The molecule has 0 radical (unpaired) electrons. The van der Waals surface area contributed by atoms with Gasteiger partial charge in [-0.15, -0.1) is 11.8 Å². The van der Waals surface area contributed by atoms with E-state index in [0.29, 0.717) is 5.75 Å². The topological polar surface area (TPSA) is 57.6 Å². The second-order valence-corrected chi connectivity index (χ2v) is 14.2. The van der Waals surface area contributed by atoms with Gasteiger partial charge in [-0.2, -0.15) is 0 Å². The number of Topliss-reactive ketones (excluding diaryl/α,β-unsaturated/α-hetero) is 1. The first-order valence-electron chi connectivity index (χ1n) is 12.2. The number of phenolic OH excluding ortho intramolecular Hbond substituents is 1. The zero-order valence-corrected chi connectivity index (χ0v) is 23.4. The van der Waals surface area contributed by atoms with Crippen molar-refractivity contribution in [2.45, 2.75) is 88.7 Å². The van der Waals surface area contributed by atoms with Crippen molar-refractivity contribution in [3.8, 4) is 5.75 Å². The molecule has 1 atom stereocenters. The maximum absolute atomic E-state index is 13.6. The Morgan fingerprint density at radius 1 is 0.971 bits per heavy atom. The molecule has 35 heavy (non-hydrogen) atoms. The number of nitrogens with zero attached hydrogens (tertiary/aromatic N) is 1. The van der Waals surface area contributed by atoms with E-state index in [9.17, 15) is 14.7 Å². The highest BCUT2D eigenvalue weighted by Crippen LogP contribution is 2.49. The van der Waals surface area contributed by atoms with Gasteiger partial charge in [-0.3, -0.25) is 9.59 Å². The number of thioether (sulfide) groups is 1. The number of amides is 1. The minimum absolute atomic E-state index is 0.0379. The zero-order chi connectivity index (χ0) is 26.2. The standard InChI is InChI=1S/C30H37NO3S/c1-16-18-14-23-24(35-30(8,9)27(34)31(23)10)15-20(18)25(32)19(16)11-17-12-21(28(2,3)4)26(33)22(13-17)29(5,6)7/h11-16,33H,1-10H3. The molecule has 0 fully saturated rings. The molecule has 2 aromatic rings. The van der Waals surface area contributed by atoms with Gasteiger partial charge in [0.15, 0.2) is 5.78 Å². The van der Waals surface area contributed by atoms with Gasteiger partial charge in [0.1, 0.15) is 5.75 Å². The van der Waals surface area contributed by atoms with Gasteiger partial charge in [-0.25, -0.2) is 0 Å². The molecule has 1 aliphatic carbocycles. The molecule has 186 valence electrons. The van der Waals surface area contributed by atoms with Crippen molar-refractivity contribution in [3.05, 3.63) is 57.7 Å². The number of allylic oxidation sites excluding steroid dienone is 1. The van der Waals surface area contributed by atoms with E-state index in [4.69, 9.17) is 0 Å². The lowest BCUT2D eigenvalue weighted by Crippen LogP contribution is -2.44. The van der Waals surface area contributed by atoms with E-state index < -0.39 is 4.75 Å². The van der Waals surface area contributed by atoms with Crippen LogP contribution in [0.3, 0.4) is 0 Å². The Hall–Kier alpha value is -2.53. The van der Waals surface area contributed by atoms with Gasteiger partial charge in [0, 0.05) is 40.1 Å². The van der Waals surface area contributed by atoms with Crippen LogP contribution in [0.25, 0.3) is 6.08 Å².